The highest BCUT2D eigenvalue weighted by atomic mass is 32.1. The Morgan fingerprint density at radius 2 is 2.39 bits per heavy atom. The molecule has 0 aliphatic carbocycles. The fourth-order valence-corrected chi connectivity index (χ4v) is 3.57. The molecule has 0 bridgehead atoms. The topological polar surface area (TPSA) is 54.5 Å². The highest BCUT2D eigenvalue weighted by Gasteiger charge is 2.30. The molecule has 1 fully saturated rings. The summed E-state index contributed by atoms with van der Waals surface area (Å²) in [6.45, 7) is 3.23. The van der Waals surface area contributed by atoms with Gasteiger partial charge in [-0.05, 0) is 37.5 Å². The van der Waals surface area contributed by atoms with E-state index in [9.17, 15) is 4.79 Å². The molecule has 122 valence electrons. The molecule has 1 atom stereocenters. The van der Waals surface area contributed by atoms with Crippen molar-refractivity contribution in [2.75, 3.05) is 13.7 Å². The second kappa shape index (κ2) is 7.00. The van der Waals surface area contributed by atoms with Gasteiger partial charge in [-0.15, -0.1) is 11.3 Å². The van der Waals surface area contributed by atoms with Crippen molar-refractivity contribution in [2.24, 2.45) is 0 Å². The molecule has 1 aromatic heterocycles. The average molecular weight is 331 g/mol. The SMILES string of the molecule is COc1cccc([C@H]2CCCN2C(=O)NCc2csc(C)n2)c1. The summed E-state index contributed by atoms with van der Waals surface area (Å²) in [5.41, 5.74) is 2.04. The van der Waals surface area contributed by atoms with Crippen LogP contribution in [0.2, 0.25) is 0 Å². The number of carbonyl (C=O) groups excluding carboxylic acids is 1. The van der Waals surface area contributed by atoms with E-state index in [1.807, 2.05) is 35.4 Å². The Kier molecular flexibility index (Phi) is 4.81. The van der Waals surface area contributed by atoms with Crippen LogP contribution >= 0.6 is 11.3 Å². The van der Waals surface area contributed by atoms with Gasteiger partial charge in [0.2, 0.25) is 0 Å². The maximum atomic E-state index is 12.5. The molecular formula is C17H21N3O2S. The number of thiazole rings is 1. The summed E-state index contributed by atoms with van der Waals surface area (Å²) in [7, 11) is 1.66. The number of amides is 2. The smallest absolute Gasteiger partial charge is 0.318 e. The fourth-order valence-electron chi connectivity index (χ4n) is 2.96. The summed E-state index contributed by atoms with van der Waals surface area (Å²) >= 11 is 1.60. The summed E-state index contributed by atoms with van der Waals surface area (Å²) in [5, 5.41) is 5.99. The molecule has 1 saturated heterocycles. The maximum absolute atomic E-state index is 12.5. The van der Waals surface area contributed by atoms with E-state index in [1.165, 1.54) is 0 Å². The van der Waals surface area contributed by atoms with Crippen LogP contribution in [0.15, 0.2) is 29.6 Å². The number of nitrogens with zero attached hydrogens (tertiary/aromatic N) is 2. The van der Waals surface area contributed by atoms with E-state index in [1.54, 1.807) is 18.4 Å². The molecule has 1 aliphatic heterocycles. The van der Waals surface area contributed by atoms with Crippen molar-refractivity contribution in [1.29, 1.82) is 0 Å². The fraction of sp³-hybridized carbons (Fsp3) is 0.412. The lowest BCUT2D eigenvalue weighted by molar-refractivity contribution is 0.192. The van der Waals surface area contributed by atoms with Crippen LogP contribution in [-0.4, -0.2) is 29.6 Å². The van der Waals surface area contributed by atoms with Crippen LogP contribution in [0.3, 0.4) is 0 Å². The summed E-state index contributed by atoms with van der Waals surface area (Å²) in [6, 6.07) is 8.06. The largest absolute Gasteiger partial charge is 0.497 e. The molecule has 1 aromatic carbocycles. The Hall–Kier alpha value is -2.08. The number of hydrogen-bond donors (Lipinski definition) is 1. The Labute approximate surface area is 140 Å². The Bertz CT molecular complexity index is 686. The molecular weight excluding hydrogens is 310 g/mol. The number of methoxy groups -OCH3 is 1. The van der Waals surface area contributed by atoms with E-state index in [2.05, 4.69) is 16.4 Å². The van der Waals surface area contributed by atoms with Crippen molar-refractivity contribution >= 4 is 17.4 Å². The van der Waals surface area contributed by atoms with Crippen molar-refractivity contribution in [1.82, 2.24) is 15.2 Å². The summed E-state index contributed by atoms with van der Waals surface area (Å²) in [5.74, 6) is 0.827. The minimum Gasteiger partial charge on any atom is -0.497 e. The van der Waals surface area contributed by atoms with Crippen LogP contribution in [0, 0.1) is 6.92 Å². The van der Waals surface area contributed by atoms with Crippen LogP contribution in [0.5, 0.6) is 5.75 Å². The van der Waals surface area contributed by atoms with Crippen LogP contribution in [0.4, 0.5) is 4.79 Å². The molecule has 2 amide bonds. The lowest BCUT2D eigenvalue weighted by atomic mass is 10.0. The van der Waals surface area contributed by atoms with Gasteiger partial charge < -0.3 is 15.0 Å². The number of urea groups is 1. The van der Waals surface area contributed by atoms with Gasteiger partial charge in [-0.3, -0.25) is 0 Å². The quantitative estimate of drug-likeness (QED) is 0.933. The molecule has 2 aromatic rings. The minimum absolute atomic E-state index is 0.0269. The van der Waals surface area contributed by atoms with Gasteiger partial charge in [-0.1, -0.05) is 12.1 Å². The van der Waals surface area contributed by atoms with Crippen molar-refractivity contribution in [3.8, 4) is 5.75 Å². The van der Waals surface area contributed by atoms with Crippen LogP contribution in [-0.2, 0) is 6.54 Å². The molecule has 0 radical (unpaired) electrons. The van der Waals surface area contributed by atoms with E-state index in [0.29, 0.717) is 6.54 Å². The molecule has 23 heavy (non-hydrogen) atoms. The predicted molar refractivity (Wildman–Crippen MR) is 90.8 cm³/mol. The first-order valence-electron chi connectivity index (χ1n) is 7.77. The van der Waals surface area contributed by atoms with Gasteiger partial charge in [-0.25, -0.2) is 9.78 Å². The molecule has 2 heterocycles. The van der Waals surface area contributed by atoms with Crippen molar-refractivity contribution in [3.05, 3.63) is 45.9 Å². The molecule has 0 spiro atoms. The Morgan fingerprint density at radius 3 is 3.13 bits per heavy atom. The molecule has 1 aliphatic rings. The third-order valence-corrected chi connectivity index (χ3v) is 4.90. The van der Waals surface area contributed by atoms with Crippen molar-refractivity contribution in [2.45, 2.75) is 32.4 Å². The van der Waals surface area contributed by atoms with Gasteiger partial charge in [0, 0.05) is 11.9 Å². The average Bonchev–Trinajstić information content (AvgIpc) is 3.21. The van der Waals surface area contributed by atoms with Gasteiger partial charge in [0.25, 0.3) is 0 Å². The van der Waals surface area contributed by atoms with E-state index in [4.69, 9.17) is 4.74 Å². The summed E-state index contributed by atoms with van der Waals surface area (Å²) in [4.78, 5) is 18.8. The standard InChI is InChI=1S/C17H21N3O2S/c1-12-19-14(11-23-12)10-18-17(21)20-8-4-7-16(20)13-5-3-6-15(9-13)22-2/h3,5-6,9,11,16H,4,7-8,10H2,1-2H3,(H,18,21)/t16-/m1/s1. The molecule has 6 heteroatoms. The van der Waals surface area contributed by atoms with Crippen molar-refractivity contribution in [3.63, 3.8) is 0 Å². The first-order chi connectivity index (χ1) is 11.2. The van der Waals surface area contributed by atoms with E-state index >= 15 is 0 Å². The van der Waals surface area contributed by atoms with Crippen LogP contribution < -0.4 is 10.1 Å². The van der Waals surface area contributed by atoms with E-state index in [0.717, 1.165) is 41.4 Å². The Morgan fingerprint density at radius 1 is 1.52 bits per heavy atom. The first kappa shape index (κ1) is 15.8. The zero-order valence-corrected chi connectivity index (χ0v) is 14.2. The van der Waals surface area contributed by atoms with E-state index < -0.39 is 0 Å². The number of aromatic nitrogens is 1. The monoisotopic (exact) mass is 331 g/mol. The third kappa shape index (κ3) is 3.64. The number of hydrogen-bond acceptors (Lipinski definition) is 4. The molecule has 5 nitrogen and oxygen atoms in total. The van der Waals surface area contributed by atoms with E-state index in [-0.39, 0.29) is 12.1 Å². The third-order valence-electron chi connectivity index (χ3n) is 4.08. The van der Waals surface area contributed by atoms with Crippen LogP contribution in [0.25, 0.3) is 0 Å². The normalized spacial score (nSPS) is 17.3. The highest BCUT2D eigenvalue weighted by molar-refractivity contribution is 7.09. The number of ether oxygens (including phenoxy) is 1. The van der Waals surface area contributed by atoms with Crippen molar-refractivity contribution < 1.29 is 9.53 Å². The van der Waals surface area contributed by atoms with Gasteiger partial charge in [0.05, 0.1) is 30.4 Å². The highest BCUT2D eigenvalue weighted by Crippen LogP contribution is 2.33. The number of likely N-dealkylation sites (tertiary alicyclic amines) is 1. The lowest BCUT2D eigenvalue weighted by Gasteiger charge is -2.25. The first-order valence-corrected chi connectivity index (χ1v) is 8.65. The number of carbonyl (C=O) groups is 1. The van der Waals surface area contributed by atoms with Gasteiger partial charge in [-0.2, -0.15) is 0 Å². The summed E-state index contributed by atoms with van der Waals surface area (Å²) in [6.07, 6.45) is 2.00. The number of aryl methyl sites for hydroxylation is 1. The molecule has 1 N–H and O–H groups in total. The second-order valence-electron chi connectivity index (χ2n) is 5.64. The molecule has 3 rings (SSSR count). The van der Waals surface area contributed by atoms with Gasteiger partial charge >= 0.3 is 6.03 Å². The van der Waals surface area contributed by atoms with Gasteiger partial charge in [0.1, 0.15) is 5.75 Å². The van der Waals surface area contributed by atoms with Crippen LogP contribution in [0.1, 0.15) is 35.1 Å². The zero-order chi connectivity index (χ0) is 16.2. The Balaban J connectivity index is 1.66. The zero-order valence-electron chi connectivity index (χ0n) is 13.4. The maximum Gasteiger partial charge on any atom is 0.318 e. The molecule has 0 saturated carbocycles. The predicted octanol–water partition coefficient (Wildman–Crippen LogP) is 3.51. The summed E-state index contributed by atoms with van der Waals surface area (Å²) < 4.78 is 5.29. The second-order valence-corrected chi connectivity index (χ2v) is 6.71. The minimum atomic E-state index is -0.0269. The number of rotatable bonds is 4. The number of nitrogens with one attached hydrogen (secondary N) is 1. The van der Waals surface area contributed by atoms with Gasteiger partial charge in [0.15, 0.2) is 0 Å². The lowest BCUT2D eigenvalue weighted by Crippen LogP contribution is -2.39. The molecule has 0 unspecified atom stereocenters. The number of benzene rings is 1.